The highest BCUT2D eigenvalue weighted by Gasteiger charge is 2.18. The Morgan fingerprint density at radius 1 is 1.04 bits per heavy atom. The first kappa shape index (κ1) is 19.4. The molecule has 1 atom stereocenters. The van der Waals surface area contributed by atoms with Crippen LogP contribution in [-0.4, -0.2) is 33.3 Å². The molecule has 2 rings (SSSR count). The minimum absolute atomic E-state index is 0.219. The van der Waals surface area contributed by atoms with Crippen LogP contribution in [-0.2, 0) is 11.3 Å². The van der Waals surface area contributed by atoms with Gasteiger partial charge in [-0.1, -0.05) is 12.1 Å². The van der Waals surface area contributed by atoms with Gasteiger partial charge in [0.2, 0.25) is 5.75 Å². The van der Waals surface area contributed by atoms with E-state index in [1.807, 2.05) is 37.3 Å². The van der Waals surface area contributed by atoms with Crippen molar-refractivity contribution in [3.8, 4) is 23.0 Å². The van der Waals surface area contributed by atoms with Crippen molar-refractivity contribution in [2.75, 3.05) is 21.3 Å². The molecule has 0 fully saturated rings. The van der Waals surface area contributed by atoms with Gasteiger partial charge in [0.15, 0.2) is 17.6 Å². The normalized spacial score (nSPS) is 11.4. The maximum absolute atomic E-state index is 12.3. The molecule has 6 heteroatoms. The molecular weight excluding hydrogens is 334 g/mol. The van der Waals surface area contributed by atoms with Gasteiger partial charge in [-0.15, -0.1) is 0 Å². The van der Waals surface area contributed by atoms with Crippen LogP contribution in [0.15, 0.2) is 36.4 Å². The minimum atomic E-state index is -0.622. The summed E-state index contributed by atoms with van der Waals surface area (Å²) in [5.41, 5.74) is 1.85. The number of rotatable bonds is 8. The molecule has 0 spiro atoms. The van der Waals surface area contributed by atoms with Crippen LogP contribution in [0.5, 0.6) is 23.0 Å². The average molecular weight is 359 g/mol. The number of hydrogen-bond donors (Lipinski definition) is 1. The predicted molar refractivity (Wildman–Crippen MR) is 99.2 cm³/mol. The van der Waals surface area contributed by atoms with Crippen LogP contribution in [0, 0.1) is 6.92 Å². The number of ether oxygens (including phenoxy) is 4. The zero-order chi connectivity index (χ0) is 19.1. The summed E-state index contributed by atoms with van der Waals surface area (Å²) in [7, 11) is 4.65. The average Bonchev–Trinajstić information content (AvgIpc) is 2.64. The molecule has 0 bridgehead atoms. The van der Waals surface area contributed by atoms with E-state index >= 15 is 0 Å². The molecule has 2 aromatic rings. The summed E-state index contributed by atoms with van der Waals surface area (Å²) < 4.78 is 21.7. The van der Waals surface area contributed by atoms with Crippen LogP contribution in [0.2, 0.25) is 0 Å². The third-order valence-corrected chi connectivity index (χ3v) is 3.91. The number of amides is 1. The van der Waals surface area contributed by atoms with Crippen molar-refractivity contribution in [1.82, 2.24) is 5.32 Å². The SMILES string of the molecule is COc1ccc(CNC(=O)C(C)Oc2cccc(C)c2)c(OC)c1OC. The summed E-state index contributed by atoms with van der Waals surface area (Å²) in [5, 5.41) is 2.86. The molecule has 0 radical (unpaired) electrons. The molecular formula is C20H25NO5. The van der Waals surface area contributed by atoms with E-state index in [-0.39, 0.29) is 12.5 Å². The maximum atomic E-state index is 12.3. The van der Waals surface area contributed by atoms with Gasteiger partial charge in [-0.25, -0.2) is 0 Å². The van der Waals surface area contributed by atoms with Gasteiger partial charge in [-0.2, -0.15) is 0 Å². The third-order valence-electron chi connectivity index (χ3n) is 3.91. The van der Waals surface area contributed by atoms with E-state index in [0.717, 1.165) is 11.1 Å². The smallest absolute Gasteiger partial charge is 0.261 e. The highest BCUT2D eigenvalue weighted by Crippen LogP contribution is 2.39. The van der Waals surface area contributed by atoms with Gasteiger partial charge in [-0.05, 0) is 43.7 Å². The van der Waals surface area contributed by atoms with E-state index in [2.05, 4.69) is 5.32 Å². The largest absolute Gasteiger partial charge is 0.493 e. The lowest BCUT2D eigenvalue weighted by molar-refractivity contribution is -0.127. The van der Waals surface area contributed by atoms with Crippen molar-refractivity contribution in [2.24, 2.45) is 0 Å². The molecule has 2 aromatic carbocycles. The van der Waals surface area contributed by atoms with E-state index < -0.39 is 6.10 Å². The molecule has 0 aliphatic carbocycles. The van der Waals surface area contributed by atoms with Gasteiger partial charge in [-0.3, -0.25) is 4.79 Å². The lowest BCUT2D eigenvalue weighted by atomic mass is 10.1. The molecule has 1 N–H and O–H groups in total. The van der Waals surface area contributed by atoms with Gasteiger partial charge < -0.3 is 24.3 Å². The van der Waals surface area contributed by atoms with Crippen molar-refractivity contribution in [3.05, 3.63) is 47.5 Å². The summed E-state index contributed by atoms with van der Waals surface area (Å²) in [4.78, 5) is 12.3. The Hall–Kier alpha value is -2.89. The van der Waals surface area contributed by atoms with Gasteiger partial charge in [0.1, 0.15) is 5.75 Å². The van der Waals surface area contributed by atoms with Gasteiger partial charge in [0.05, 0.1) is 21.3 Å². The van der Waals surface area contributed by atoms with Crippen LogP contribution in [0.25, 0.3) is 0 Å². The zero-order valence-corrected chi connectivity index (χ0v) is 15.8. The van der Waals surface area contributed by atoms with E-state index in [1.54, 1.807) is 34.3 Å². The summed E-state index contributed by atoms with van der Waals surface area (Å²) in [5.74, 6) is 2.03. The van der Waals surface area contributed by atoms with Gasteiger partial charge >= 0.3 is 0 Å². The fourth-order valence-electron chi connectivity index (χ4n) is 2.57. The minimum Gasteiger partial charge on any atom is -0.493 e. The van der Waals surface area contributed by atoms with Crippen LogP contribution in [0.4, 0.5) is 0 Å². The Morgan fingerprint density at radius 2 is 1.77 bits per heavy atom. The highest BCUT2D eigenvalue weighted by molar-refractivity contribution is 5.80. The fourth-order valence-corrected chi connectivity index (χ4v) is 2.57. The predicted octanol–water partition coefficient (Wildman–Crippen LogP) is 3.10. The second kappa shape index (κ2) is 8.99. The van der Waals surface area contributed by atoms with Crippen molar-refractivity contribution in [3.63, 3.8) is 0 Å². The van der Waals surface area contributed by atoms with Crippen molar-refractivity contribution >= 4 is 5.91 Å². The summed E-state index contributed by atoms with van der Waals surface area (Å²) in [6.07, 6.45) is -0.622. The Morgan fingerprint density at radius 3 is 2.38 bits per heavy atom. The molecule has 0 saturated heterocycles. The van der Waals surface area contributed by atoms with E-state index in [9.17, 15) is 4.79 Å². The summed E-state index contributed by atoms with van der Waals surface area (Å²) in [6, 6.07) is 11.2. The molecule has 1 unspecified atom stereocenters. The van der Waals surface area contributed by atoms with Crippen LogP contribution in [0.3, 0.4) is 0 Å². The van der Waals surface area contributed by atoms with E-state index in [1.165, 1.54) is 0 Å². The summed E-state index contributed by atoms with van der Waals surface area (Å²) in [6.45, 7) is 3.97. The molecule has 1 amide bonds. The third kappa shape index (κ3) is 4.59. The number of methoxy groups -OCH3 is 3. The monoisotopic (exact) mass is 359 g/mol. The number of carbonyl (C=O) groups excluding carboxylic acids is 1. The Balaban J connectivity index is 2.04. The molecule has 0 heterocycles. The molecule has 26 heavy (non-hydrogen) atoms. The molecule has 0 aliphatic heterocycles. The van der Waals surface area contributed by atoms with Crippen LogP contribution >= 0.6 is 0 Å². The lowest BCUT2D eigenvalue weighted by Gasteiger charge is -2.18. The standard InChI is InChI=1S/C20H25NO5/c1-13-7-6-8-16(11-13)26-14(2)20(22)21-12-15-9-10-17(23-3)19(25-5)18(15)24-4/h6-11,14H,12H2,1-5H3,(H,21,22). The first-order valence-corrected chi connectivity index (χ1v) is 8.29. The highest BCUT2D eigenvalue weighted by atomic mass is 16.5. The van der Waals surface area contributed by atoms with Crippen molar-refractivity contribution in [1.29, 1.82) is 0 Å². The first-order chi connectivity index (χ1) is 12.5. The Bertz CT molecular complexity index is 760. The van der Waals surface area contributed by atoms with Crippen molar-refractivity contribution in [2.45, 2.75) is 26.5 Å². The number of hydrogen-bond acceptors (Lipinski definition) is 5. The fraction of sp³-hybridized carbons (Fsp3) is 0.350. The second-order valence-electron chi connectivity index (χ2n) is 5.79. The lowest BCUT2D eigenvalue weighted by Crippen LogP contribution is -2.36. The zero-order valence-electron chi connectivity index (χ0n) is 15.8. The topological polar surface area (TPSA) is 66.0 Å². The number of nitrogens with one attached hydrogen (secondary N) is 1. The second-order valence-corrected chi connectivity index (χ2v) is 5.79. The van der Waals surface area contributed by atoms with E-state index in [0.29, 0.717) is 23.0 Å². The quantitative estimate of drug-likeness (QED) is 0.784. The van der Waals surface area contributed by atoms with E-state index in [4.69, 9.17) is 18.9 Å². The van der Waals surface area contributed by atoms with Crippen LogP contribution in [0.1, 0.15) is 18.1 Å². The number of carbonyl (C=O) groups is 1. The van der Waals surface area contributed by atoms with Crippen molar-refractivity contribution < 1.29 is 23.7 Å². The molecule has 0 saturated carbocycles. The first-order valence-electron chi connectivity index (χ1n) is 8.29. The molecule has 0 aliphatic rings. The molecule has 0 aromatic heterocycles. The number of benzene rings is 2. The Labute approximate surface area is 154 Å². The van der Waals surface area contributed by atoms with Crippen LogP contribution < -0.4 is 24.3 Å². The molecule has 140 valence electrons. The van der Waals surface area contributed by atoms with Gasteiger partial charge in [0, 0.05) is 12.1 Å². The van der Waals surface area contributed by atoms with Gasteiger partial charge in [0.25, 0.3) is 5.91 Å². The number of aryl methyl sites for hydroxylation is 1. The maximum Gasteiger partial charge on any atom is 0.261 e. The molecule has 6 nitrogen and oxygen atoms in total. The Kier molecular flexibility index (Phi) is 6.72. The summed E-state index contributed by atoms with van der Waals surface area (Å²) >= 11 is 0.